The molecule has 0 aromatic heterocycles. The molecule has 4 N–H and O–H groups in total. The fraction of sp³-hybridized carbons (Fsp3) is 0.621. The summed E-state index contributed by atoms with van der Waals surface area (Å²) in [6.07, 6.45) is -7.26. The summed E-state index contributed by atoms with van der Waals surface area (Å²) in [7, 11) is 0. The summed E-state index contributed by atoms with van der Waals surface area (Å²) in [6, 6.07) is 8.08. The minimum atomic E-state index is -2.07. The first-order valence-electron chi connectivity index (χ1n) is 13.2. The van der Waals surface area contributed by atoms with Crippen molar-refractivity contribution in [2.75, 3.05) is 6.61 Å². The molecule has 212 valence electrons. The van der Waals surface area contributed by atoms with Crippen LogP contribution < -0.4 is 0 Å². The first kappa shape index (κ1) is 27.9. The van der Waals surface area contributed by atoms with Crippen molar-refractivity contribution in [1.82, 2.24) is 0 Å². The van der Waals surface area contributed by atoms with Crippen molar-refractivity contribution in [2.45, 2.75) is 89.2 Å². The Morgan fingerprint density at radius 3 is 2.28 bits per heavy atom. The monoisotopic (exact) mass is 544 g/mol. The SMILES string of the molecule is CC(=O)O[C@@]12CO[C@@H]1C[C@H](O)[C@@]1(C)C(=O)[C@H](O)C3=C(C)C(O)C[C@@](O)(C(OC(=O)c4ccccc4)C12)C3(C)C. The Balaban J connectivity index is 1.81. The zero-order chi connectivity index (χ0) is 28.7. The number of esters is 2. The van der Waals surface area contributed by atoms with Gasteiger partial charge in [-0.25, -0.2) is 4.79 Å². The van der Waals surface area contributed by atoms with Crippen molar-refractivity contribution >= 4 is 17.7 Å². The van der Waals surface area contributed by atoms with Crippen molar-refractivity contribution < 1.29 is 49.0 Å². The molecule has 3 fully saturated rings. The molecule has 39 heavy (non-hydrogen) atoms. The van der Waals surface area contributed by atoms with E-state index >= 15 is 0 Å². The number of fused-ring (bicyclic) bond motifs is 5. The number of carbonyl (C=O) groups excluding carboxylic acids is 3. The topological polar surface area (TPSA) is 160 Å². The normalized spacial score (nSPS) is 42.7. The third kappa shape index (κ3) is 3.62. The highest BCUT2D eigenvalue weighted by Crippen LogP contribution is 2.63. The van der Waals surface area contributed by atoms with Crippen LogP contribution in [-0.2, 0) is 23.8 Å². The number of ether oxygens (including phenoxy) is 3. The second-order valence-corrected chi connectivity index (χ2v) is 12.2. The highest BCUT2D eigenvalue weighted by molar-refractivity contribution is 5.94. The molecule has 1 aromatic rings. The van der Waals surface area contributed by atoms with Gasteiger partial charge in [0, 0.05) is 25.2 Å². The number of Topliss-reactive ketones (excluding diaryl/α,β-unsaturated/α-hetero) is 1. The van der Waals surface area contributed by atoms with Crippen LogP contribution in [-0.4, -0.2) is 86.5 Å². The third-order valence-electron chi connectivity index (χ3n) is 9.95. The second-order valence-electron chi connectivity index (χ2n) is 12.2. The molecule has 1 heterocycles. The fourth-order valence-corrected chi connectivity index (χ4v) is 7.66. The molecular weight excluding hydrogens is 508 g/mol. The number of carbonyl (C=O) groups is 3. The van der Waals surface area contributed by atoms with Crippen LogP contribution in [0.15, 0.2) is 41.5 Å². The van der Waals surface area contributed by atoms with Gasteiger partial charge in [0.25, 0.3) is 0 Å². The van der Waals surface area contributed by atoms with Gasteiger partial charge in [-0.2, -0.15) is 0 Å². The number of hydrogen-bond acceptors (Lipinski definition) is 10. The first-order valence-corrected chi connectivity index (χ1v) is 13.2. The van der Waals surface area contributed by atoms with Gasteiger partial charge in [-0.15, -0.1) is 0 Å². The van der Waals surface area contributed by atoms with Crippen LogP contribution in [0.3, 0.4) is 0 Å². The molecule has 10 nitrogen and oxygen atoms in total. The fourth-order valence-electron chi connectivity index (χ4n) is 7.66. The van der Waals surface area contributed by atoms with Crippen molar-refractivity contribution in [3.63, 3.8) is 0 Å². The molecule has 9 atom stereocenters. The number of ketones is 1. The average molecular weight is 545 g/mol. The molecule has 2 saturated carbocycles. The van der Waals surface area contributed by atoms with E-state index in [0.29, 0.717) is 5.57 Å². The van der Waals surface area contributed by atoms with Crippen LogP contribution in [0.1, 0.15) is 57.8 Å². The van der Waals surface area contributed by atoms with Gasteiger partial charge < -0.3 is 34.6 Å². The molecule has 0 radical (unpaired) electrons. The maximum Gasteiger partial charge on any atom is 0.338 e. The molecule has 3 aliphatic carbocycles. The summed E-state index contributed by atoms with van der Waals surface area (Å²) in [4.78, 5) is 40.3. The predicted octanol–water partition coefficient (Wildman–Crippen LogP) is 1.08. The lowest BCUT2D eigenvalue weighted by molar-refractivity contribution is -0.345. The summed E-state index contributed by atoms with van der Waals surface area (Å²) in [5.74, 6) is -3.60. The van der Waals surface area contributed by atoms with Crippen molar-refractivity contribution in [1.29, 1.82) is 0 Å². The van der Waals surface area contributed by atoms with Crippen LogP contribution in [0, 0.1) is 16.7 Å². The standard InChI is InChI=1S/C29H36O10/c1-14-17(31)12-29(36)24(38-25(35)16-9-7-6-8-10-16)22-27(5,23(34)21(33)20(14)26(29,3)4)18(32)11-19-28(22,13-37-19)39-15(2)30/h6-10,17-19,21-22,24,31-33,36H,11-13H2,1-5H3/t17?,18-,19+,21+,22?,24?,27+,28-,29+/m0/s1. The zero-order valence-electron chi connectivity index (χ0n) is 22.7. The van der Waals surface area contributed by atoms with Gasteiger partial charge in [0.1, 0.15) is 23.9 Å². The van der Waals surface area contributed by atoms with Crippen LogP contribution >= 0.6 is 0 Å². The molecular formula is C29H36O10. The summed E-state index contributed by atoms with van der Waals surface area (Å²) in [6.45, 7) is 7.29. The van der Waals surface area contributed by atoms with Gasteiger partial charge >= 0.3 is 11.9 Å². The summed E-state index contributed by atoms with van der Waals surface area (Å²) in [5, 5.41) is 46.7. The molecule has 0 spiro atoms. The number of benzene rings is 1. The molecule has 1 aliphatic heterocycles. The summed E-state index contributed by atoms with van der Waals surface area (Å²) < 4.78 is 17.7. The van der Waals surface area contributed by atoms with E-state index in [-0.39, 0.29) is 30.6 Å². The van der Waals surface area contributed by atoms with E-state index < -0.39 is 76.2 Å². The number of hydrogen-bond donors (Lipinski definition) is 4. The van der Waals surface area contributed by atoms with Crippen LogP contribution in [0.2, 0.25) is 0 Å². The van der Waals surface area contributed by atoms with E-state index in [1.807, 2.05) is 0 Å². The maximum atomic E-state index is 14.3. The van der Waals surface area contributed by atoms with Crippen LogP contribution in [0.4, 0.5) is 0 Å². The Morgan fingerprint density at radius 1 is 1.08 bits per heavy atom. The summed E-state index contributed by atoms with van der Waals surface area (Å²) in [5.41, 5.74) is -6.24. The lowest BCUT2D eigenvalue weighted by Crippen LogP contribution is -2.81. The molecule has 10 heteroatoms. The largest absolute Gasteiger partial charge is 0.455 e. The summed E-state index contributed by atoms with van der Waals surface area (Å²) >= 11 is 0. The van der Waals surface area contributed by atoms with E-state index in [1.165, 1.54) is 26.0 Å². The Labute approximate surface area is 226 Å². The molecule has 1 aromatic carbocycles. The highest BCUT2D eigenvalue weighted by Gasteiger charge is 2.77. The Hall–Kier alpha value is -2.63. The van der Waals surface area contributed by atoms with Crippen LogP contribution in [0.25, 0.3) is 0 Å². The van der Waals surface area contributed by atoms with Gasteiger partial charge in [-0.1, -0.05) is 32.0 Å². The van der Waals surface area contributed by atoms with Crippen molar-refractivity contribution in [2.24, 2.45) is 16.7 Å². The Kier molecular flexibility index (Phi) is 6.40. The first-order chi connectivity index (χ1) is 18.1. The molecule has 3 unspecified atom stereocenters. The van der Waals surface area contributed by atoms with Crippen molar-refractivity contribution in [3.8, 4) is 0 Å². The van der Waals surface area contributed by atoms with E-state index in [9.17, 15) is 34.8 Å². The maximum absolute atomic E-state index is 14.3. The van der Waals surface area contributed by atoms with Crippen LogP contribution in [0.5, 0.6) is 0 Å². The van der Waals surface area contributed by atoms with Gasteiger partial charge in [-0.3, -0.25) is 9.59 Å². The van der Waals surface area contributed by atoms with Gasteiger partial charge in [0.05, 0.1) is 35.7 Å². The molecule has 1 saturated heterocycles. The lowest BCUT2D eigenvalue weighted by Gasteiger charge is -2.67. The Morgan fingerprint density at radius 2 is 1.72 bits per heavy atom. The molecule has 5 rings (SSSR count). The average Bonchev–Trinajstić information content (AvgIpc) is 2.87. The zero-order valence-corrected chi connectivity index (χ0v) is 22.7. The molecule has 4 aliphatic rings. The highest BCUT2D eigenvalue weighted by atomic mass is 16.6. The second kappa shape index (κ2) is 8.94. The smallest absolute Gasteiger partial charge is 0.338 e. The molecule has 2 bridgehead atoms. The minimum absolute atomic E-state index is 0.0828. The molecule has 0 amide bonds. The van der Waals surface area contributed by atoms with Gasteiger partial charge in [0.15, 0.2) is 11.4 Å². The van der Waals surface area contributed by atoms with E-state index in [2.05, 4.69) is 0 Å². The van der Waals surface area contributed by atoms with Gasteiger partial charge in [-0.05, 0) is 37.1 Å². The van der Waals surface area contributed by atoms with E-state index in [4.69, 9.17) is 14.2 Å². The lowest BCUT2D eigenvalue weighted by atomic mass is 9.44. The third-order valence-corrected chi connectivity index (χ3v) is 9.95. The van der Waals surface area contributed by atoms with E-state index in [1.54, 1.807) is 39.0 Å². The quantitative estimate of drug-likeness (QED) is 0.320. The number of rotatable bonds is 3. The minimum Gasteiger partial charge on any atom is -0.455 e. The number of aliphatic hydroxyl groups excluding tert-OH is 3. The van der Waals surface area contributed by atoms with E-state index in [0.717, 1.165) is 0 Å². The van der Waals surface area contributed by atoms with Gasteiger partial charge in [0.2, 0.25) is 0 Å². The predicted molar refractivity (Wildman–Crippen MR) is 135 cm³/mol. The van der Waals surface area contributed by atoms with Crippen molar-refractivity contribution in [3.05, 3.63) is 47.0 Å². The Bertz CT molecular complexity index is 1240. The number of aliphatic hydroxyl groups is 4.